The molecule has 0 bridgehead atoms. The van der Waals surface area contributed by atoms with Gasteiger partial charge >= 0.3 is 0 Å². The molecule has 19 heavy (non-hydrogen) atoms. The van der Waals surface area contributed by atoms with Crippen LogP contribution in [0.5, 0.6) is 0 Å². The van der Waals surface area contributed by atoms with Crippen LogP contribution in [0.15, 0.2) is 0 Å². The van der Waals surface area contributed by atoms with Gasteiger partial charge in [0.1, 0.15) is 18.3 Å². The molecule has 5 atom stereocenters. The van der Waals surface area contributed by atoms with Gasteiger partial charge in [0.05, 0.1) is 6.61 Å². The Morgan fingerprint density at radius 2 is 2.16 bits per heavy atom. The lowest BCUT2D eigenvalue weighted by molar-refractivity contribution is -0.324. The number of carbonyl (C=O) groups excluding carboxylic acids is 1. The van der Waals surface area contributed by atoms with Crippen molar-refractivity contribution in [2.45, 2.75) is 44.2 Å². The number of ether oxygens (including phenoxy) is 1. The molecule has 1 amide bonds. The summed E-state index contributed by atoms with van der Waals surface area (Å²) in [4.78, 5) is 11.1. The van der Waals surface area contributed by atoms with Crippen molar-refractivity contribution in [1.82, 2.24) is 5.32 Å². The molecule has 1 saturated heterocycles. The lowest BCUT2D eigenvalue weighted by Gasteiger charge is -2.47. The molecule has 0 aromatic carbocycles. The van der Waals surface area contributed by atoms with Crippen LogP contribution in [0.3, 0.4) is 0 Å². The van der Waals surface area contributed by atoms with Crippen LogP contribution in [0.2, 0.25) is 0 Å². The van der Waals surface area contributed by atoms with Gasteiger partial charge in [-0.3, -0.25) is 8.98 Å². The third-order valence-corrected chi connectivity index (χ3v) is 3.19. The SMILES string of the molecule is CCSOC1O[C@H](CO)[C@@H](O)[C@H](O)[C@]1(O)NC(C)=O. The van der Waals surface area contributed by atoms with Crippen LogP contribution in [0.1, 0.15) is 13.8 Å². The van der Waals surface area contributed by atoms with Gasteiger partial charge in [0.25, 0.3) is 0 Å². The smallest absolute Gasteiger partial charge is 0.221 e. The summed E-state index contributed by atoms with van der Waals surface area (Å²) in [7, 11) is 0. The molecule has 1 unspecified atom stereocenters. The second kappa shape index (κ2) is 6.84. The Hall–Kier alpha value is -0.420. The van der Waals surface area contributed by atoms with Crippen molar-refractivity contribution in [2.75, 3.05) is 12.4 Å². The molecule has 8 nitrogen and oxygen atoms in total. The number of amides is 1. The topological polar surface area (TPSA) is 128 Å². The fourth-order valence-corrected chi connectivity index (χ4v) is 2.19. The largest absolute Gasteiger partial charge is 0.394 e. The van der Waals surface area contributed by atoms with Crippen LogP contribution in [-0.4, -0.2) is 69.0 Å². The minimum absolute atomic E-state index is 0.540. The molecule has 1 rings (SSSR count). The van der Waals surface area contributed by atoms with Crippen LogP contribution in [-0.2, 0) is 13.7 Å². The number of aliphatic hydroxyl groups is 4. The molecular weight excluding hydrogens is 278 g/mol. The number of nitrogens with one attached hydrogen (secondary N) is 1. The van der Waals surface area contributed by atoms with Crippen LogP contribution < -0.4 is 5.32 Å². The van der Waals surface area contributed by atoms with Gasteiger partial charge in [-0.1, -0.05) is 6.92 Å². The Bertz CT molecular complexity index is 318. The van der Waals surface area contributed by atoms with E-state index in [0.717, 1.165) is 19.0 Å². The maximum atomic E-state index is 11.1. The molecule has 0 saturated carbocycles. The summed E-state index contributed by atoms with van der Waals surface area (Å²) in [5, 5.41) is 41.1. The van der Waals surface area contributed by atoms with E-state index in [2.05, 4.69) is 5.32 Å². The number of hydrogen-bond donors (Lipinski definition) is 5. The maximum absolute atomic E-state index is 11.1. The molecule has 0 aromatic heterocycles. The van der Waals surface area contributed by atoms with Crippen molar-refractivity contribution < 1.29 is 34.1 Å². The molecular formula is C10H19NO7S. The van der Waals surface area contributed by atoms with Crippen LogP contribution >= 0.6 is 12.0 Å². The third-order valence-electron chi connectivity index (χ3n) is 2.64. The van der Waals surface area contributed by atoms with Crippen molar-refractivity contribution in [3.8, 4) is 0 Å². The monoisotopic (exact) mass is 297 g/mol. The first-order valence-electron chi connectivity index (χ1n) is 5.78. The zero-order chi connectivity index (χ0) is 14.6. The molecule has 0 spiro atoms. The maximum Gasteiger partial charge on any atom is 0.221 e. The highest BCUT2D eigenvalue weighted by Crippen LogP contribution is 2.31. The molecule has 0 aliphatic carbocycles. The quantitative estimate of drug-likeness (QED) is 0.289. The summed E-state index contributed by atoms with van der Waals surface area (Å²) in [5.41, 5.74) is -2.29. The second-order valence-electron chi connectivity index (χ2n) is 4.13. The van der Waals surface area contributed by atoms with Crippen LogP contribution in [0.4, 0.5) is 0 Å². The van der Waals surface area contributed by atoms with Gasteiger partial charge in [0.2, 0.25) is 17.9 Å². The highest BCUT2D eigenvalue weighted by atomic mass is 32.2. The van der Waals surface area contributed by atoms with E-state index in [1.807, 2.05) is 0 Å². The van der Waals surface area contributed by atoms with E-state index < -0.39 is 42.8 Å². The molecule has 1 heterocycles. The predicted octanol–water partition coefficient (Wildman–Crippen LogP) is -2.07. The normalized spacial score (nSPS) is 39.1. The van der Waals surface area contributed by atoms with Gasteiger partial charge in [-0.2, -0.15) is 0 Å². The van der Waals surface area contributed by atoms with Gasteiger partial charge < -0.3 is 30.5 Å². The van der Waals surface area contributed by atoms with Crippen molar-refractivity contribution >= 4 is 17.9 Å². The Morgan fingerprint density at radius 1 is 1.53 bits per heavy atom. The average molecular weight is 297 g/mol. The molecule has 1 aliphatic rings. The van der Waals surface area contributed by atoms with E-state index in [1.54, 1.807) is 6.92 Å². The zero-order valence-corrected chi connectivity index (χ0v) is 11.5. The molecule has 5 N–H and O–H groups in total. The number of carbonyl (C=O) groups is 1. The Labute approximate surface area is 114 Å². The first kappa shape index (κ1) is 16.6. The highest BCUT2D eigenvalue weighted by Gasteiger charge is 2.56. The van der Waals surface area contributed by atoms with Gasteiger partial charge in [-0.15, -0.1) is 0 Å². The summed E-state index contributed by atoms with van der Waals surface area (Å²) < 4.78 is 10.3. The summed E-state index contributed by atoms with van der Waals surface area (Å²) in [6, 6.07) is 0. The minimum atomic E-state index is -2.29. The van der Waals surface area contributed by atoms with Crippen molar-refractivity contribution in [1.29, 1.82) is 0 Å². The lowest BCUT2D eigenvalue weighted by atomic mass is 9.93. The molecule has 112 valence electrons. The predicted molar refractivity (Wildman–Crippen MR) is 65.7 cm³/mol. The minimum Gasteiger partial charge on any atom is -0.394 e. The van der Waals surface area contributed by atoms with Crippen molar-refractivity contribution in [3.05, 3.63) is 0 Å². The molecule has 0 aromatic rings. The zero-order valence-electron chi connectivity index (χ0n) is 10.6. The Balaban J connectivity index is 2.95. The van der Waals surface area contributed by atoms with Gasteiger partial charge in [-0.25, -0.2) is 0 Å². The van der Waals surface area contributed by atoms with E-state index in [4.69, 9.17) is 14.0 Å². The van der Waals surface area contributed by atoms with Crippen LogP contribution in [0, 0.1) is 0 Å². The van der Waals surface area contributed by atoms with E-state index >= 15 is 0 Å². The van der Waals surface area contributed by atoms with E-state index in [-0.39, 0.29) is 0 Å². The molecule has 1 aliphatic heterocycles. The first-order chi connectivity index (χ1) is 8.86. The highest BCUT2D eigenvalue weighted by molar-refractivity contribution is 7.94. The molecule has 9 heteroatoms. The second-order valence-corrected chi connectivity index (χ2v) is 5.14. The Kier molecular flexibility index (Phi) is 5.99. The van der Waals surface area contributed by atoms with Gasteiger partial charge in [0, 0.05) is 12.7 Å². The fraction of sp³-hybridized carbons (Fsp3) is 0.900. The van der Waals surface area contributed by atoms with E-state index in [0.29, 0.717) is 5.75 Å². The average Bonchev–Trinajstić information content (AvgIpc) is 2.35. The third kappa shape index (κ3) is 3.57. The number of aliphatic hydroxyl groups excluding tert-OH is 3. The summed E-state index contributed by atoms with van der Waals surface area (Å²) >= 11 is 0.949. The number of rotatable bonds is 5. The molecule has 0 radical (unpaired) electrons. The Morgan fingerprint density at radius 3 is 2.63 bits per heavy atom. The lowest BCUT2D eigenvalue weighted by Crippen LogP contribution is -2.73. The first-order valence-corrected chi connectivity index (χ1v) is 6.69. The summed E-state index contributed by atoms with van der Waals surface area (Å²) in [5.74, 6) is -0.0896. The standard InChI is InChI=1S/C10H19NO7S/c1-3-19-18-9-10(16,11-5(2)13)8(15)7(14)6(4-12)17-9/h6-9,12,14-16H,3-4H2,1-2H3,(H,11,13)/t6-,7-,8+,9?,10-/m1/s1. The number of hydrogen-bond acceptors (Lipinski definition) is 8. The summed E-state index contributed by atoms with van der Waals surface area (Å²) in [6.07, 6.45) is -5.86. The van der Waals surface area contributed by atoms with E-state index in [9.17, 15) is 20.1 Å². The summed E-state index contributed by atoms with van der Waals surface area (Å²) in [6.45, 7) is 2.37. The van der Waals surface area contributed by atoms with Crippen LogP contribution in [0.25, 0.3) is 0 Å². The van der Waals surface area contributed by atoms with E-state index in [1.165, 1.54) is 0 Å². The van der Waals surface area contributed by atoms with Gasteiger partial charge in [-0.05, 0) is 12.0 Å². The van der Waals surface area contributed by atoms with Crippen molar-refractivity contribution in [3.63, 3.8) is 0 Å². The molecule has 1 fully saturated rings. The van der Waals surface area contributed by atoms with Crippen molar-refractivity contribution in [2.24, 2.45) is 0 Å². The van der Waals surface area contributed by atoms with Gasteiger partial charge in [0.15, 0.2) is 0 Å². The fourth-order valence-electron chi connectivity index (χ4n) is 1.74.